The highest BCUT2D eigenvalue weighted by molar-refractivity contribution is 7.09. The number of primary amides is 1. The van der Waals surface area contributed by atoms with E-state index >= 15 is 0 Å². The maximum absolute atomic E-state index is 12.2. The molecule has 7 nitrogen and oxygen atoms in total. The first kappa shape index (κ1) is 18.6. The molecule has 0 aliphatic rings. The van der Waals surface area contributed by atoms with Crippen molar-refractivity contribution in [1.29, 1.82) is 0 Å². The van der Waals surface area contributed by atoms with Gasteiger partial charge in [0.1, 0.15) is 10.7 Å². The molecule has 0 radical (unpaired) electrons. The second-order valence-corrected chi connectivity index (χ2v) is 7.28. The molecule has 3 aromatic heterocycles. The molecule has 4 N–H and O–H groups in total. The number of hydrogen-bond donors (Lipinski definition) is 3. The van der Waals surface area contributed by atoms with Gasteiger partial charge in [-0.25, -0.2) is 9.97 Å². The van der Waals surface area contributed by atoms with Gasteiger partial charge in [0.05, 0.1) is 18.3 Å². The number of H-pyrrole nitrogens is 1. The van der Waals surface area contributed by atoms with Gasteiger partial charge in [0, 0.05) is 34.3 Å². The smallest absolute Gasteiger partial charge is 0.249 e. The molecule has 4 aromatic rings. The van der Waals surface area contributed by atoms with Gasteiger partial charge in [-0.3, -0.25) is 9.59 Å². The van der Waals surface area contributed by atoms with Crippen LogP contribution in [0.25, 0.3) is 22.7 Å². The molecule has 0 fully saturated rings. The van der Waals surface area contributed by atoms with Crippen molar-refractivity contribution in [2.75, 3.05) is 5.32 Å². The van der Waals surface area contributed by atoms with Gasteiger partial charge in [0.2, 0.25) is 11.8 Å². The predicted octanol–water partition coefficient (Wildman–Crippen LogP) is 3.23. The second-order valence-electron chi connectivity index (χ2n) is 6.30. The molecule has 29 heavy (non-hydrogen) atoms. The zero-order valence-corrected chi connectivity index (χ0v) is 16.1. The molecule has 3 heterocycles. The maximum atomic E-state index is 12.2. The fourth-order valence-electron chi connectivity index (χ4n) is 2.96. The zero-order chi connectivity index (χ0) is 20.2. The fraction of sp³-hybridized carbons (Fsp3) is 0.0476. The lowest BCUT2D eigenvalue weighted by Gasteiger charge is -2.05. The van der Waals surface area contributed by atoms with E-state index < -0.39 is 5.91 Å². The first-order valence-electron chi connectivity index (χ1n) is 8.82. The third-order valence-corrected chi connectivity index (χ3v) is 5.07. The first-order valence-corrected chi connectivity index (χ1v) is 9.70. The summed E-state index contributed by atoms with van der Waals surface area (Å²) in [6, 6.07) is 11.0. The molecule has 0 saturated carbocycles. The lowest BCUT2D eigenvalue weighted by molar-refractivity contribution is -0.115. The lowest BCUT2D eigenvalue weighted by atomic mass is 10.0. The third-order valence-electron chi connectivity index (χ3n) is 4.29. The van der Waals surface area contributed by atoms with Gasteiger partial charge < -0.3 is 16.0 Å². The summed E-state index contributed by atoms with van der Waals surface area (Å²) in [7, 11) is 0. The molecule has 0 aliphatic heterocycles. The van der Waals surface area contributed by atoms with Crippen LogP contribution in [0.15, 0.2) is 60.4 Å². The lowest BCUT2D eigenvalue weighted by Crippen LogP contribution is -2.14. The van der Waals surface area contributed by atoms with Crippen molar-refractivity contribution in [3.63, 3.8) is 0 Å². The molecule has 1 aromatic carbocycles. The highest BCUT2D eigenvalue weighted by Crippen LogP contribution is 2.25. The van der Waals surface area contributed by atoms with Crippen LogP contribution in [0.1, 0.15) is 16.1 Å². The minimum atomic E-state index is -0.522. The number of pyridine rings is 1. The van der Waals surface area contributed by atoms with Crippen LogP contribution in [0.3, 0.4) is 0 Å². The Balaban J connectivity index is 1.64. The monoisotopic (exact) mass is 403 g/mol. The summed E-state index contributed by atoms with van der Waals surface area (Å²) in [6.07, 6.45) is 6.93. The number of aromatic nitrogens is 3. The van der Waals surface area contributed by atoms with Crippen LogP contribution < -0.4 is 11.1 Å². The third kappa shape index (κ3) is 4.22. The summed E-state index contributed by atoms with van der Waals surface area (Å²) in [5.41, 5.74) is 8.68. The number of hydrogen-bond acceptors (Lipinski definition) is 5. The van der Waals surface area contributed by atoms with Crippen LogP contribution in [0, 0.1) is 0 Å². The van der Waals surface area contributed by atoms with Crippen molar-refractivity contribution >= 4 is 51.5 Å². The molecule has 2 amide bonds. The van der Waals surface area contributed by atoms with E-state index in [4.69, 9.17) is 5.73 Å². The Kier molecular flexibility index (Phi) is 5.17. The predicted molar refractivity (Wildman–Crippen MR) is 114 cm³/mol. The molecule has 8 heteroatoms. The summed E-state index contributed by atoms with van der Waals surface area (Å²) in [5, 5.41) is 6.18. The Morgan fingerprint density at radius 2 is 2.03 bits per heavy atom. The number of nitrogens with zero attached hydrogens (tertiary/aromatic N) is 2. The van der Waals surface area contributed by atoms with E-state index in [0.717, 1.165) is 21.5 Å². The van der Waals surface area contributed by atoms with E-state index in [1.54, 1.807) is 24.7 Å². The highest BCUT2D eigenvalue weighted by atomic mass is 32.1. The maximum Gasteiger partial charge on any atom is 0.249 e. The van der Waals surface area contributed by atoms with Crippen molar-refractivity contribution in [3.8, 4) is 0 Å². The molecular weight excluding hydrogens is 386 g/mol. The average molecular weight is 403 g/mol. The van der Waals surface area contributed by atoms with E-state index in [2.05, 4.69) is 20.3 Å². The second kappa shape index (κ2) is 8.07. The Morgan fingerprint density at radius 1 is 1.21 bits per heavy atom. The number of rotatable bonds is 6. The summed E-state index contributed by atoms with van der Waals surface area (Å²) in [5.74, 6) is -0.692. The summed E-state index contributed by atoms with van der Waals surface area (Å²) in [4.78, 5) is 35.8. The quantitative estimate of drug-likeness (QED) is 0.429. The van der Waals surface area contributed by atoms with Crippen molar-refractivity contribution < 1.29 is 9.59 Å². The molecule has 0 atom stereocenters. The Bertz CT molecular complexity index is 1200. The Hall–Kier alpha value is -3.78. The van der Waals surface area contributed by atoms with Gasteiger partial charge in [0.15, 0.2) is 0 Å². The van der Waals surface area contributed by atoms with Gasteiger partial charge in [-0.15, -0.1) is 11.3 Å². The number of benzene rings is 1. The van der Waals surface area contributed by atoms with Gasteiger partial charge in [-0.05, 0) is 17.7 Å². The summed E-state index contributed by atoms with van der Waals surface area (Å²) in [6.45, 7) is 0. The van der Waals surface area contributed by atoms with Crippen LogP contribution in [0.2, 0.25) is 0 Å². The van der Waals surface area contributed by atoms with E-state index in [-0.39, 0.29) is 12.3 Å². The number of nitrogens with one attached hydrogen (secondary N) is 2. The van der Waals surface area contributed by atoms with Gasteiger partial charge >= 0.3 is 0 Å². The van der Waals surface area contributed by atoms with Crippen LogP contribution in [0.4, 0.5) is 5.69 Å². The van der Waals surface area contributed by atoms with Gasteiger partial charge in [0.25, 0.3) is 0 Å². The number of fused-ring (bicyclic) bond motifs is 1. The topological polar surface area (TPSA) is 114 Å². The zero-order valence-electron chi connectivity index (χ0n) is 15.3. The van der Waals surface area contributed by atoms with Crippen LogP contribution in [0.5, 0.6) is 0 Å². The largest absolute Gasteiger partial charge is 0.366 e. The van der Waals surface area contributed by atoms with Crippen molar-refractivity contribution in [2.45, 2.75) is 6.42 Å². The molecule has 4 rings (SSSR count). The minimum Gasteiger partial charge on any atom is -0.366 e. The van der Waals surface area contributed by atoms with Crippen LogP contribution in [-0.2, 0) is 16.0 Å². The van der Waals surface area contributed by atoms with E-state index in [1.165, 1.54) is 11.3 Å². The molecule has 144 valence electrons. The standard InChI is InChI=1S/C21H17N5O2S/c22-20(28)16(13-4-2-1-3-5-13)8-14-11-24-21-17(14)9-15(12-25-21)26-18(27)10-19-23-6-7-29-19/h1-9,11-12H,10H2,(H2,22,28)(H,24,25)(H,26,27). The normalized spacial score (nSPS) is 11.5. The molecule has 0 saturated heterocycles. The Labute approximate surface area is 170 Å². The molecule has 0 bridgehead atoms. The molecule has 0 spiro atoms. The first-order chi connectivity index (χ1) is 14.1. The fourth-order valence-corrected chi connectivity index (χ4v) is 3.58. The number of aromatic amines is 1. The van der Waals surface area contributed by atoms with E-state index in [9.17, 15) is 9.59 Å². The van der Waals surface area contributed by atoms with Gasteiger partial charge in [-0.1, -0.05) is 30.3 Å². The minimum absolute atomic E-state index is 0.171. The number of thiazole rings is 1. The van der Waals surface area contributed by atoms with Crippen LogP contribution >= 0.6 is 11.3 Å². The average Bonchev–Trinajstić information content (AvgIpc) is 3.36. The molecular formula is C21H17N5O2S. The number of amides is 2. The summed E-state index contributed by atoms with van der Waals surface area (Å²) < 4.78 is 0. The van der Waals surface area contributed by atoms with Crippen molar-refractivity contribution in [3.05, 3.63) is 76.5 Å². The molecule has 0 aliphatic carbocycles. The number of carbonyl (C=O) groups is 2. The van der Waals surface area contributed by atoms with Crippen LogP contribution in [-0.4, -0.2) is 26.8 Å². The number of carbonyl (C=O) groups excluding carboxylic acids is 2. The number of anilines is 1. The highest BCUT2D eigenvalue weighted by Gasteiger charge is 2.12. The van der Waals surface area contributed by atoms with Crippen molar-refractivity contribution in [1.82, 2.24) is 15.0 Å². The number of nitrogens with two attached hydrogens (primary N) is 1. The summed E-state index contributed by atoms with van der Waals surface area (Å²) >= 11 is 1.43. The van der Waals surface area contributed by atoms with E-state index in [0.29, 0.717) is 16.9 Å². The Morgan fingerprint density at radius 3 is 2.76 bits per heavy atom. The van der Waals surface area contributed by atoms with E-state index in [1.807, 2.05) is 41.8 Å². The SMILES string of the molecule is NC(=O)C(=Cc1c[nH]c2ncc(NC(=O)Cc3nccs3)cc12)c1ccccc1. The molecule has 0 unspecified atom stereocenters. The van der Waals surface area contributed by atoms with Crippen molar-refractivity contribution in [2.24, 2.45) is 5.73 Å². The van der Waals surface area contributed by atoms with Gasteiger partial charge in [-0.2, -0.15) is 0 Å².